The quantitative estimate of drug-likeness (QED) is 0.843. The van der Waals surface area contributed by atoms with Gasteiger partial charge in [0, 0.05) is 6.54 Å². The number of hydrogen-bond donors (Lipinski definition) is 2. The van der Waals surface area contributed by atoms with Crippen LogP contribution in [0, 0.1) is 5.41 Å². The highest BCUT2D eigenvalue weighted by Crippen LogP contribution is 2.43. The van der Waals surface area contributed by atoms with Crippen LogP contribution in [-0.4, -0.2) is 26.0 Å². The van der Waals surface area contributed by atoms with Gasteiger partial charge >= 0.3 is 5.97 Å². The normalized spacial score (nSPS) is 17.4. The Morgan fingerprint density at radius 1 is 1.40 bits per heavy atom. The summed E-state index contributed by atoms with van der Waals surface area (Å²) in [7, 11) is -3.65. The van der Waals surface area contributed by atoms with Crippen molar-refractivity contribution in [3.63, 3.8) is 0 Å². The minimum Gasteiger partial charge on any atom is -0.478 e. The highest BCUT2D eigenvalue weighted by molar-refractivity contribution is 7.89. The maximum absolute atomic E-state index is 12.2. The van der Waals surface area contributed by atoms with E-state index < -0.39 is 16.0 Å². The topological polar surface area (TPSA) is 83.5 Å². The Morgan fingerprint density at radius 2 is 2.10 bits per heavy atom. The van der Waals surface area contributed by atoms with E-state index in [9.17, 15) is 13.2 Å². The molecule has 6 heteroatoms. The van der Waals surface area contributed by atoms with E-state index in [4.69, 9.17) is 5.11 Å². The number of nitrogens with one attached hydrogen (secondary N) is 1. The summed E-state index contributed by atoms with van der Waals surface area (Å²) >= 11 is 0. The summed E-state index contributed by atoms with van der Waals surface area (Å²) in [4.78, 5) is 10.9. The lowest BCUT2D eigenvalue weighted by atomic mass is 9.67. The van der Waals surface area contributed by atoms with Crippen LogP contribution in [0.2, 0.25) is 0 Å². The number of aromatic carboxylic acids is 1. The second-order valence-corrected chi connectivity index (χ2v) is 7.13. The maximum Gasteiger partial charge on any atom is 0.335 e. The van der Waals surface area contributed by atoms with Crippen molar-refractivity contribution in [1.82, 2.24) is 4.72 Å². The van der Waals surface area contributed by atoms with Gasteiger partial charge in [0.1, 0.15) is 0 Å². The Kier molecular flexibility index (Phi) is 4.15. The molecule has 110 valence electrons. The molecule has 1 aromatic rings. The Hall–Kier alpha value is -1.40. The van der Waals surface area contributed by atoms with Crippen molar-refractivity contribution in [2.24, 2.45) is 5.41 Å². The second kappa shape index (κ2) is 5.54. The lowest BCUT2D eigenvalue weighted by Gasteiger charge is -2.41. The number of rotatable bonds is 6. The molecule has 0 unspecified atom stereocenters. The van der Waals surface area contributed by atoms with Gasteiger partial charge in [-0.25, -0.2) is 17.9 Å². The SMILES string of the molecule is CCC1(CNS(=O)(=O)c2cccc(C(=O)O)c2)CCC1. The van der Waals surface area contributed by atoms with E-state index in [1.807, 2.05) is 0 Å². The predicted octanol–water partition coefficient (Wildman–Crippen LogP) is 2.24. The van der Waals surface area contributed by atoms with Crippen molar-refractivity contribution in [3.8, 4) is 0 Å². The van der Waals surface area contributed by atoms with Crippen LogP contribution in [0.1, 0.15) is 43.0 Å². The summed E-state index contributed by atoms with van der Waals surface area (Å²) in [6.07, 6.45) is 4.18. The molecule has 2 rings (SSSR count). The third kappa shape index (κ3) is 3.02. The predicted molar refractivity (Wildman–Crippen MR) is 75.2 cm³/mol. The molecule has 0 spiro atoms. The van der Waals surface area contributed by atoms with Gasteiger partial charge in [-0.1, -0.05) is 19.4 Å². The van der Waals surface area contributed by atoms with Gasteiger partial charge < -0.3 is 5.11 Å². The molecule has 1 aromatic carbocycles. The second-order valence-electron chi connectivity index (χ2n) is 5.36. The summed E-state index contributed by atoms with van der Waals surface area (Å²) in [5, 5.41) is 8.90. The van der Waals surface area contributed by atoms with Crippen molar-refractivity contribution >= 4 is 16.0 Å². The highest BCUT2D eigenvalue weighted by atomic mass is 32.2. The van der Waals surface area contributed by atoms with Crippen LogP contribution < -0.4 is 4.72 Å². The fourth-order valence-corrected chi connectivity index (χ4v) is 3.66. The molecule has 2 N–H and O–H groups in total. The first-order chi connectivity index (χ1) is 9.38. The Morgan fingerprint density at radius 3 is 2.60 bits per heavy atom. The van der Waals surface area contributed by atoms with Crippen molar-refractivity contribution in [2.45, 2.75) is 37.5 Å². The number of carbonyl (C=O) groups is 1. The van der Waals surface area contributed by atoms with E-state index in [1.165, 1.54) is 24.3 Å². The maximum atomic E-state index is 12.2. The van der Waals surface area contributed by atoms with Gasteiger partial charge in [-0.15, -0.1) is 0 Å². The van der Waals surface area contributed by atoms with Gasteiger partial charge in [-0.3, -0.25) is 0 Å². The van der Waals surface area contributed by atoms with Crippen LogP contribution in [0.4, 0.5) is 0 Å². The van der Waals surface area contributed by atoms with Crippen molar-refractivity contribution in [1.29, 1.82) is 0 Å². The number of sulfonamides is 1. The van der Waals surface area contributed by atoms with Crippen molar-refractivity contribution < 1.29 is 18.3 Å². The van der Waals surface area contributed by atoms with Crippen molar-refractivity contribution in [3.05, 3.63) is 29.8 Å². The Balaban J connectivity index is 2.14. The Bertz CT molecular complexity index is 600. The molecule has 0 amide bonds. The molecule has 1 aliphatic rings. The van der Waals surface area contributed by atoms with Gasteiger partial charge in [0.05, 0.1) is 10.5 Å². The van der Waals surface area contributed by atoms with Crippen LogP contribution in [-0.2, 0) is 10.0 Å². The molecule has 0 aromatic heterocycles. The minimum atomic E-state index is -3.65. The molecule has 0 heterocycles. The molecule has 0 saturated heterocycles. The van der Waals surface area contributed by atoms with Crippen LogP contribution in [0.15, 0.2) is 29.2 Å². The molecular weight excluding hydrogens is 278 g/mol. The van der Waals surface area contributed by atoms with Gasteiger partial charge in [-0.05, 0) is 42.9 Å². The molecule has 0 bridgehead atoms. The van der Waals surface area contributed by atoms with Gasteiger partial charge in [0.2, 0.25) is 10.0 Å². The molecule has 1 aliphatic carbocycles. The number of carboxylic acids is 1. The fourth-order valence-electron chi connectivity index (χ4n) is 2.46. The molecule has 0 aliphatic heterocycles. The van der Waals surface area contributed by atoms with E-state index in [2.05, 4.69) is 11.6 Å². The smallest absolute Gasteiger partial charge is 0.335 e. The van der Waals surface area contributed by atoms with E-state index >= 15 is 0 Å². The molecule has 20 heavy (non-hydrogen) atoms. The van der Waals surface area contributed by atoms with Gasteiger partial charge in [0.25, 0.3) is 0 Å². The zero-order valence-electron chi connectivity index (χ0n) is 11.4. The largest absolute Gasteiger partial charge is 0.478 e. The van der Waals surface area contributed by atoms with Crippen molar-refractivity contribution in [2.75, 3.05) is 6.54 Å². The summed E-state index contributed by atoms with van der Waals surface area (Å²) in [6.45, 7) is 2.49. The first-order valence-corrected chi connectivity index (χ1v) is 8.20. The monoisotopic (exact) mass is 297 g/mol. The number of benzene rings is 1. The van der Waals surface area contributed by atoms with E-state index in [1.54, 1.807) is 0 Å². The first kappa shape index (κ1) is 15.0. The average Bonchev–Trinajstić information content (AvgIpc) is 2.38. The van der Waals surface area contributed by atoms with Crippen LogP contribution in [0.3, 0.4) is 0 Å². The summed E-state index contributed by atoms with van der Waals surface area (Å²) < 4.78 is 27.0. The summed E-state index contributed by atoms with van der Waals surface area (Å²) in [6, 6.07) is 5.41. The van der Waals surface area contributed by atoms with Gasteiger partial charge in [-0.2, -0.15) is 0 Å². The molecular formula is C14H19NO4S. The van der Waals surface area contributed by atoms with Crippen LogP contribution >= 0.6 is 0 Å². The lowest BCUT2D eigenvalue weighted by molar-refractivity contribution is 0.0696. The minimum absolute atomic E-state index is 0.00276. The third-order valence-electron chi connectivity index (χ3n) is 4.19. The summed E-state index contributed by atoms with van der Waals surface area (Å²) in [5.74, 6) is -1.13. The summed E-state index contributed by atoms with van der Waals surface area (Å²) in [5.41, 5.74) is 0.0547. The molecule has 1 saturated carbocycles. The molecule has 0 atom stereocenters. The fraction of sp³-hybridized carbons (Fsp3) is 0.500. The Labute approximate surface area is 119 Å². The standard InChI is InChI=1S/C14H19NO4S/c1-2-14(7-4-8-14)10-15-20(18,19)12-6-3-5-11(9-12)13(16)17/h3,5-6,9,15H,2,4,7-8,10H2,1H3,(H,16,17). The molecule has 5 nitrogen and oxygen atoms in total. The van der Waals surface area contributed by atoms with E-state index in [-0.39, 0.29) is 15.9 Å². The van der Waals surface area contributed by atoms with Gasteiger partial charge in [0.15, 0.2) is 0 Å². The zero-order valence-corrected chi connectivity index (χ0v) is 12.2. The lowest BCUT2D eigenvalue weighted by Crippen LogP contribution is -2.41. The van der Waals surface area contributed by atoms with E-state index in [0.717, 1.165) is 25.7 Å². The van der Waals surface area contributed by atoms with Crippen LogP contribution in [0.25, 0.3) is 0 Å². The van der Waals surface area contributed by atoms with Crippen LogP contribution in [0.5, 0.6) is 0 Å². The highest BCUT2D eigenvalue weighted by Gasteiger charge is 2.36. The third-order valence-corrected chi connectivity index (χ3v) is 5.59. The number of hydrogen-bond acceptors (Lipinski definition) is 3. The number of carboxylic acid groups (broad SMARTS) is 1. The first-order valence-electron chi connectivity index (χ1n) is 6.72. The molecule has 1 fully saturated rings. The molecule has 0 radical (unpaired) electrons. The van der Waals surface area contributed by atoms with E-state index in [0.29, 0.717) is 6.54 Å². The zero-order chi connectivity index (χ0) is 14.8. The average molecular weight is 297 g/mol.